The average molecular weight is 253 g/mol. The molecule has 4 heteroatoms. The third kappa shape index (κ3) is 2.57. The molecule has 19 heavy (non-hydrogen) atoms. The molecule has 0 saturated heterocycles. The van der Waals surface area contributed by atoms with Crippen molar-refractivity contribution >= 4 is 16.8 Å². The Morgan fingerprint density at radius 2 is 2.21 bits per heavy atom. The minimum atomic E-state index is 0.748. The molecule has 0 spiro atoms. The smallest absolute Gasteiger partial charge is 0.195 e. The van der Waals surface area contributed by atoms with E-state index in [1.54, 1.807) is 6.20 Å². The second kappa shape index (κ2) is 5.10. The first-order chi connectivity index (χ1) is 9.35. The maximum Gasteiger partial charge on any atom is 0.195 e. The predicted octanol–water partition coefficient (Wildman–Crippen LogP) is 3.40. The van der Waals surface area contributed by atoms with Gasteiger partial charge in [0.2, 0.25) is 0 Å². The Hall–Kier alpha value is -2.36. The molecule has 0 atom stereocenters. The summed E-state index contributed by atoms with van der Waals surface area (Å²) in [5.41, 5.74) is 3.92. The van der Waals surface area contributed by atoms with Crippen LogP contribution in [0.25, 0.3) is 11.1 Å². The Kier molecular flexibility index (Phi) is 3.14. The number of pyridine rings is 1. The molecule has 3 rings (SSSR count). The van der Waals surface area contributed by atoms with Gasteiger partial charge in [0.25, 0.3) is 0 Å². The Morgan fingerprint density at radius 1 is 1.26 bits per heavy atom. The van der Waals surface area contributed by atoms with Crippen LogP contribution >= 0.6 is 0 Å². The van der Waals surface area contributed by atoms with Crippen molar-refractivity contribution in [1.29, 1.82) is 0 Å². The van der Waals surface area contributed by atoms with Gasteiger partial charge in [-0.2, -0.15) is 0 Å². The van der Waals surface area contributed by atoms with E-state index in [4.69, 9.17) is 4.42 Å². The molecule has 1 N–H and O–H groups in total. The molecule has 1 aromatic carbocycles. The largest absolute Gasteiger partial charge is 0.441 e. The van der Waals surface area contributed by atoms with Crippen LogP contribution in [0.15, 0.2) is 47.1 Å². The molecule has 0 aliphatic rings. The van der Waals surface area contributed by atoms with Gasteiger partial charge in [0.1, 0.15) is 5.52 Å². The first-order valence-corrected chi connectivity index (χ1v) is 6.37. The molecule has 3 aromatic rings. The number of fused-ring (bicyclic) bond motifs is 1. The lowest BCUT2D eigenvalue weighted by Crippen LogP contribution is -1.99. The number of oxazole rings is 1. The zero-order chi connectivity index (χ0) is 13.1. The molecule has 2 aromatic heterocycles. The van der Waals surface area contributed by atoms with Gasteiger partial charge in [-0.3, -0.25) is 4.98 Å². The van der Waals surface area contributed by atoms with E-state index in [0.717, 1.165) is 41.2 Å². The summed E-state index contributed by atoms with van der Waals surface area (Å²) in [6.07, 6.45) is 4.45. The molecule has 0 aliphatic heterocycles. The van der Waals surface area contributed by atoms with Crippen molar-refractivity contribution in [3.63, 3.8) is 0 Å². The highest BCUT2D eigenvalue weighted by molar-refractivity contribution is 5.77. The molecule has 0 saturated carbocycles. The lowest BCUT2D eigenvalue weighted by molar-refractivity contribution is 0.538. The highest BCUT2D eigenvalue weighted by Gasteiger charge is 2.04. The van der Waals surface area contributed by atoms with E-state index in [1.807, 2.05) is 43.5 Å². The van der Waals surface area contributed by atoms with Gasteiger partial charge < -0.3 is 9.73 Å². The van der Waals surface area contributed by atoms with Crippen LogP contribution in [0.5, 0.6) is 0 Å². The molecular formula is C15H15N3O. The summed E-state index contributed by atoms with van der Waals surface area (Å²) >= 11 is 0. The maximum absolute atomic E-state index is 5.59. The highest BCUT2D eigenvalue weighted by atomic mass is 16.3. The Morgan fingerprint density at radius 3 is 3.00 bits per heavy atom. The maximum atomic E-state index is 5.59. The predicted molar refractivity (Wildman–Crippen MR) is 75.0 cm³/mol. The molecule has 0 unspecified atom stereocenters. The van der Waals surface area contributed by atoms with E-state index in [1.165, 1.54) is 0 Å². The summed E-state index contributed by atoms with van der Waals surface area (Å²) < 4.78 is 5.59. The SMILES string of the molecule is CCc1nc2cc(NCc3cccnc3)ccc2o1. The van der Waals surface area contributed by atoms with Crippen molar-refractivity contribution in [3.05, 3.63) is 54.2 Å². The van der Waals surface area contributed by atoms with Crippen LogP contribution < -0.4 is 5.32 Å². The quantitative estimate of drug-likeness (QED) is 0.774. The van der Waals surface area contributed by atoms with Gasteiger partial charge >= 0.3 is 0 Å². The zero-order valence-electron chi connectivity index (χ0n) is 10.8. The number of aromatic nitrogens is 2. The summed E-state index contributed by atoms with van der Waals surface area (Å²) in [5, 5.41) is 3.36. The molecule has 2 heterocycles. The molecule has 0 amide bonds. The second-order valence-electron chi connectivity index (χ2n) is 4.36. The van der Waals surface area contributed by atoms with Crippen molar-refractivity contribution in [2.75, 3.05) is 5.32 Å². The van der Waals surface area contributed by atoms with E-state index in [-0.39, 0.29) is 0 Å². The van der Waals surface area contributed by atoms with Crippen molar-refractivity contribution in [1.82, 2.24) is 9.97 Å². The number of rotatable bonds is 4. The fraction of sp³-hybridized carbons (Fsp3) is 0.200. The molecule has 4 nitrogen and oxygen atoms in total. The summed E-state index contributed by atoms with van der Waals surface area (Å²) in [4.78, 5) is 8.52. The van der Waals surface area contributed by atoms with Gasteiger partial charge in [-0.05, 0) is 29.8 Å². The first kappa shape index (κ1) is 11.7. The normalized spacial score (nSPS) is 10.8. The Balaban J connectivity index is 1.78. The van der Waals surface area contributed by atoms with Gasteiger partial charge in [0.05, 0.1) is 0 Å². The molecule has 96 valence electrons. The molecule has 0 aliphatic carbocycles. The molecule has 0 bridgehead atoms. The van der Waals surface area contributed by atoms with E-state index >= 15 is 0 Å². The number of anilines is 1. The van der Waals surface area contributed by atoms with Crippen LogP contribution in [0.4, 0.5) is 5.69 Å². The fourth-order valence-corrected chi connectivity index (χ4v) is 1.94. The van der Waals surface area contributed by atoms with E-state index < -0.39 is 0 Å². The summed E-state index contributed by atoms with van der Waals surface area (Å²) in [7, 11) is 0. The number of nitrogens with zero attached hydrogens (tertiary/aromatic N) is 2. The zero-order valence-corrected chi connectivity index (χ0v) is 10.8. The van der Waals surface area contributed by atoms with Gasteiger partial charge in [-0.15, -0.1) is 0 Å². The van der Waals surface area contributed by atoms with Crippen LogP contribution in [-0.2, 0) is 13.0 Å². The standard InChI is InChI=1S/C15H15N3O/c1-2-15-18-13-8-12(5-6-14(13)19-15)17-10-11-4-3-7-16-9-11/h3-9,17H,2,10H2,1H3. The molecule has 0 radical (unpaired) electrons. The van der Waals surface area contributed by atoms with Crippen molar-refractivity contribution in [2.45, 2.75) is 19.9 Å². The van der Waals surface area contributed by atoms with Gasteiger partial charge in [-0.1, -0.05) is 13.0 Å². The monoisotopic (exact) mass is 253 g/mol. The van der Waals surface area contributed by atoms with Crippen LogP contribution in [0.1, 0.15) is 18.4 Å². The highest BCUT2D eigenvalue weighted by Crippen LogP contribution is 2.20. The fourth-order valence-electron chi connectivity index (χ4n) is 1.94. The van der Waals surface area contributed by atoms with Crippen LogP contribution in [-0.4, -0.2) is 9.97 Å². The van der Waals surface area contributed by atoms with Gasteiger partial charge in [-0.25, -0.2) is 4.98 Å². The number of aryl methyl sites for hydroxylation is 1. The van der Waals surface area contributed by atoms with Gasteiger partial charge in [0.15, 0.2) is 11.5 Å². The van der Waals surface area contributed by atoms with Crippen LogP contribution in [0, 0.1) is 0 Å². The van der Waals surface area contributed by atoms with Crippen molar-refractivity contribution in [3.8, 4) is 0 Å². The van der Waals surface area contributed by atoms with Crippen molar-refractivity contribution < 1.29 is 4.42 Å². The number of nitrogens with one attached hydrogen (secondary N) is 1. The summed E-state index contributed by atoms with van der Waals surface area (Å²) in [5.74, 6) is 0.777. The van der Waals surface area contributed by atoms with E-state index in [0.29, 0.717) is 0 Å². The lowest BCUT2D eigenvalue weighted by atomic mass is 10.2. The van der Waals surface area contributed by atoms with Crippen molar-refractivity contribution in [2.24, 2.45) is 0 Å². The number of hydrogen-bond donors (Lipinski definition) is 1. The lowest BCUT2D eigenvalue weighted by Gasteiger charge is -2.05. The first-order valence-electron chi connectivity index (χ1n) is 6.37. The topological polar surface area (TPSA) is 51.0 Å². The Labute approximate surface area is 111 Å². The third-order valence-electron chi connectivity index (χ3n) is 2.95. The van der Waals surface area contributed by atoms with Crippen LogP contribution in [0.2, 0.25) is 0 Å². The molecular weight excluding hydrogens is 238 g/mol. The van der Waals surface area contributed by atoms with E-state index in [9.17, 15) is 0 Å². The number of hydrogen-bond acceptors (Lipinski definition) is 4. The summed E-state index contributed by atoms with van der Waals surface area (Å²) in [6, 6.07) is 9.94. The summed E-state index contributed by atoms with van der Waals surface area (Å²) in [6.45, 7) is 2.78. The Bertz CT molecular complexity index is 676. The van der Waals surface area contributed by atoms with Crippen LogP contribution in [0.3, 0.4) is 0 Å². The third-order valence-corrected chi connectivity index (χ3v) is 2.95. The minimum absolute atomic E-state index is 0.748. The molecule has 0 fully saturated rings. The second-order valence-corrected chi connectivity index (χ2v) is 4.36. The number of benzene rings is 1. The van der Waals surface area contributed by atoms with E-state index in [2.05, 4.69) is 15.3 Å². The van der Waals surface area contributed by atoms with Gasteiger partial charge in [0, 0.05) is 31.0 Å². The minimum Gasteiger partial charge on any atom is -0.441 e. The average Bonchev–Trinajstić information content (AvgIpc) is 2.88.